The summed E-state index contributed by atoms with van der Waals surface area (Å²) in [6.45, 7) is 3.00. The molecule has 0 amide bonds. The fraction of sp³-hybridized carbons (Fsp3) is 0.625. The summed E-state index contributed by atoms with van der Waals surface area (Å²) < 4.78 is 0. The van der Waals surface area contributed by atoms with Gasteiger partial charge in [0.2, 0.25) is 0 Å². The van der Waals surface area contributed by atoms with Gasteiger partial charge in [0.25, 0.3) is 0 Å². The van der Waals surface area contributed by atoms with E-state index in [4.69, 9.17) is 5.73 Å². The van der Waals surface area contributed by atoms with Crippen LogP contribution in [0.15, 0.2) is 29.2 Å². The summed E-state index contributed by atoms with van der Waals surface area (Å²) in [6, 6.07) is 9.98. The normalized spacial score (nSPS) is 19.4. The molecule has 112 valence electrons. The third-order valence-corrected chi connectivity index (χ3v) is 5.14. The monoisotopic (exact) mass is 293 g/mol. The summed E-state index contributed by atoms with van der Waals surface area (Å²) in [7, 11) is 4.36. The van der Waals surface area contributed by atoms with Gasteiger partial charge in [-0.1, -0.05) is 12.1 Å². The van der Waals surface area contributed by atoms with Gasteiger partial charge in [0.1, 0.15) is 0 Å². The molecular weight excluding hydrogens is 266 g/mol. The molecular formula is C16H27N3S. The lowest BCUT2D eigenvalue weighted by molar-refractivity contribution is 0.111. The van der Waals surface area contributed by atoms with Crippen molar-refractivity contribution in [3.63, 3.8) is 0 Å². The lowest BCUT2D eigenvalue weighted by atomic mass is 9.99. The molecule has 0 bridgehead atoms. The van der Waals surface area contributed by atoms with Gasteiger partial charge in [-0.15, -0.1) is 11.8 Å². The minimum atomic E-state index is 0.369. The Morgan fingerprint density at radius 1 is 1.25 bits per heavy atom. The summed E-state index contributed by atoms with van der Waals surface area (Å²) in [5.74, 6) is 0. The fourth-order valence-electron chi connectivity index (χ4n) is 3.04. The van der Waals surface area contributed by atoms with Crippen molar-refractivity contribution in [3.05, 3.63) is 29.8 Å². The minimum absolute atomic E-state index is 0.369. The van der Waals surface area contributed by atoms with Crippen LogP contribution in [0.25, 0.3) is 0 Å². The second-order valence-electron chi connectivity index (χ2n) is 5.76. The lowest BCUT2D eigenvalue weighted by Gasteiger charge is -2.39. The van der Waals surface area contributed by atoms with Crippen LogP contribution < -0.4 is 5.73 Å². The maximum Gasteiger partial charge on any atom is 0.0470 e. The van der Waals surface area contributed by atoms with Crippen LogP contribution in [0.2, 0.25) is 0 Å². The van der Waals surface area contributed by atoms with E-state index >= 15 is 0 Å². The lowest BCUT2D eigenvalue weighted by Crippen LogP contribution is -2.45. The van der Waals surface area contributed by atoms with Crippen LogP contribution in [0, 0.1) is 0 Å². The van der Waals surface area contributed by atoms with Gasteiger partial charge in [-0.3, -0.25) is 4.90 Å². The molecule has 1 fully saturated rings. The van der Waals surface area contributed by atoms with Gasteiger partial charge in [0.15, 0.2) is 0 Å². The first-order valence-electron chi connectivity index (χ1n) is 7.40. The molecule has 1 atom stereocenters. The van der Waals surface area contributed by atoms with Gasteiger partial charge in [0, 0.05) is 36.6 Å². The van der Waals surface area contributed by atoms with Crippen LogP contribution in [0.4, 0.5) is 0 Å². The van der Waals surface area contributed by atoms with Crippen molar-refractivity contribution in [1.82, 2.24) is 9.80 Å². The molecule has 1 aromatic rings. The van der Waals surface area contributed by atoms with Crippen LogP contribution in [0.1, 0.15) is 24.4 Å². The molecule has 1 unspecified atom stereocenters. The second kappa shape index (κ2) is 7.46. The fourth-order valence-corrected chi connectivity index (χ4v) is 3.44. The molecule has 0 aliphatic carbocycles. The number of nitrogens with zero attached hydrogens (tertiary/aromatic N) is 2. The summed E-state index contributed by atoms with van der Waals surface area (Å²) in [6.07, 6.45) is 4.60. The van der Waals surface area contributed by atoms with E-state index in [1.165, 1.54) is 23.3 Å². The highest BCUT2D eigenvalue weighted by Gasteiger charge is 2.26. The number of nitrogens with two attached hydrogens (primary N) is 1. The van der Waals surface area contributed by atoms with E-state index < -0.39 is 0 Å². The number of benzene rings is 1. The van der Waals surface area contributed by atoms with Gasteiger partial charge in [-0.05, 0) is 50.9 Å². The van der Waals surface area contributed by atoms with E-state index in [0.29, 0.717) is 12.6 Å². The van der Waals surface area contributed by atoms with Crippen molar-refractivity contribution < 1.29 is 0 Å². The summed E-state index contributed by atoms with van der Waals surface area (Å²) in [5, 5.41) is 0. The molecule has 3 nitrogen and oxygen atoms in total. The Labute approximate surface area is 127 Å². The Bertz CT molecular complexity index is 397. The number of hydrogen-bond acceptors (Lipinski definition) is 4. The topological polar surface area (TPSA) is 32.5 Å². The highest BCUT2D eigenvalue weighted by Crippen LogP contribution is 2.26. The second-order valence-corrected chi connectivity index (χ2v) is 6.64. The van der Waals surface area contributed by atoms with Gasteiger partial charge in [-0.25, -0.2) is 0 Å². The summed E-state index contributed by atoms with van der Waals surface area (Å²) in [4.78, 5) is 6.21. The van der Waals surface area contributed by atoms with E-state index in [9.17, 15) is 0 Å². The van der Waals surface area contributed by atoms with E-state index in [1.54, 1.807) is 11.8 Å². The number of piperidine rings is 1. The Morgan fingerprint density at radius 3 is 2.30 bits per heavy atom. The highest BCUT2D eigenvalue weighted by atomic mass is 32.2. The molecule has 0 saturated carbocycles. The third kappa shape index (κ3) is 3.76. The first-order chi connectivity index (χ1) is 9.65. The van der Waals surface area contributed by atoms with Crippen molar-refractivity contribution in [2.75, 3.05) is 40.0 Å². The summed E-state index contributed by atoms with van der Waals surface area (Å²) in [5.41, 5.74) is 7.40. The van der Waals surface area contributed by atoms with Crippen molar-refractivity contribution in [1.29, 1.82) is 0 Å². The van der Waals surface area contributed by atoms with Crippen molar-refractivity contribution in [2.45, 2.75) is 29.8 Å². The van der Waals surface area contributed by atoms with Crippen molar-refractivity contribution >= 4 is 11.8 Å². The van der Waals surface area contributed by atoms with Crippen molar-refractivity contribution in [3.8, 4) is 0 Å². The number of rotatable bonds is 5. The molecule has 4 heteroatoms. The predicted molar refractivity (Wildman–Crippen MR) is 88.3 cm³/mol. The summed E-state index contributed by atoms with van der Waals surface area (Å²) >= 11 is 1.79. The maximum atomic E-state index is 6.04. The first kappa shape index (κ1) is 15.8. The van der Waals surface area contributed by atoms with Gasteiger partial charge < -0.3 is 10.6 Å². The Hall–Kier alpha value is -0.550. The molecule has 1 aromatic carbocycles. The number of likely N-dealkylation sites (tertiary alicyclic amines) is 1. The smallest absolute Gasteiger partial charge is 0.0470 e. The highest BCUT2D eigenvalue weighted by molar-refractivity contribution is 7.98. The minimum Gasteiger partial charge on any atom is -0.329 e. The van der Waals surface area contributed by atoms with Crippen LogP contribution in [0.5, 0.6) is 0 Å². The van der Waals surface area contributed by atoms with E-state index in [-0.39, 0.29) is 0 Å². The molecule has 0 spiro atoms. The molecule has 1 aliphatic rings. The van der Waals surface area contributed by atoms with E-state index in [2.05, 4.69) is 54.4 Å². The zero-order valence-corrected chi connectivity index (χ0v) is 13.7. The SMILES string of the molecule is CSc1ccc(C(CN)N2CCC(N(C)C)CC2)cc1. The maximum absolute atomic E-state index is 6.04. The zero-order chi connectivity index (χ0) is 14.5. The molecule has 1 saturated heterocycles. The third-order valence-electron chi connectivity index (χ3n) is 4.39. The molecule has 2 N–H and O–H groups in total. The van der Waals surface area contributed by atoms with Gasteiger partial charge in [0.05, 0.1) is 0 Å². The number of thioether (sulfide) groups is 1. The van der Waals surface area contributed by atoms with Crippen LogP contribution in [-0.4, -0.2) is 55.8 Å². The molecule has 2 rings (SSSR count). The number of hydrogen-bond donors (Lipinski definition) is 1. The Kier molecular flexibility index (Phi) is 5.90. The average Bonchev–Trinajstić information content (AvgIpc) is 2.49. The van der Waals surface area contributed by atoms with Crippen LogP contribution in [-0.2, 0) is 0 Å². The molecule has 0 radical (unpaired) electrons. The van der Waals surface area contributed by atoms with Crippen LogP contribution in [0.3, 0.4) is 0 Å². The molecule has 1 heterocycles. The molecule has 1 aliphatic heterocycles. The predicted octanol–water partition coefficient (Wildman–Crippen LogP) is 2.43. The zero-order valence-electron chi connectivity index (χ0n) is 12.9. The van der Waals surface area contributed by atoms with E-state index in [1.807, 2.05) is 0 Å². The Morgan fingerprint density at radius 2 is 1.85 bits per heavy atom. The standard InChI is InChI=1S/C16H27N3S/c1-18(2)14-8-10-19(11-9-14)16(12-17)13-4-6-15(20-3)7-5-13/h4-7,14,16H,8-12,17H2,1-3H3. The van der Waals surface area contributed by atoms with E-state index in [0.717, 1.165) is 19.1 Å². The van der Waals surface area contributed by atoms with Crippen molar-refractivity contribution in [2.24, 2.45) is 5.73 Å². The van der Waals surface area contributed by atoms with Gasteiger partial charge >= 0.3 is 0 Å². The van der Waals surface area contributed by atoms with Gasteiger partial charge in [-0.2, -0.15) is 0 Å². The average molecular weight is 293 g/mol. The molecule has 0 aromatic heterocycles. The largest absolute Gasteiger partial charge is 0.329 e. The Balaban J connectivity index is 2.01. The quantitative estimate of drug-likeness (QED) is 0.845. The molecule has 20 heavy (non-hydrogen) atoms. The van der Waals surface area contributed by atoms with Crippen LogP contribution >= 0.6 is 11.8 Å². The first-order valence-corrected chi connectivity index (χ1v) is 8.62.